The molecule has 3 heteroatoms. The largest absolute Gasteiger partial charge is 0.307 e. The van der Waals surface area contributed by atoms with Crippen LogP contribution in [0.15, 0.2) is 24.3 Å². The molecule has 0 heterocycles. The minimum atomic E-state index is 0.270. The fourth-order valence-corrected chi connectivity index (χ4v) is 1.84. The summed E-state index contributed by atoms with van der Waals surface area (Å²) in [5.74, 6) is 0.270. The highest BCUT2D eigenvalue weighted by Gasteiger charge is 2.20. The summed E-state index contributed by atoms with van der Waals surface area (Å²) < 4.78 is 0. The second-order valence-corrected chi connectivity index (χ2v) is 4.69. The first-order valence-corrected chi connectivity index (χ1v) is 6.12. The van der Waals surface area contributed by atoms with E-state index in [9.17, 15) is 4.79 Å². The predicted molar refractivity (Wildman–Crippen MR) is 65.8 cm³/mol. The predicted octanol–water partition coefficient (Wildman–Crippen LogP) is 2.59. The van der Waals surface area contributed by atoms with Crippen molar-refractivity contribution in [3.05, 3.63) is 34.9 Å². The molecule has 0 aliphatic heterocycles. The molecule has 2 nitrogen and oxygen atoms in total. The van der Waals surface area contributed by atoms with E-state index in [2.05, 4.69) is 5.32 Å². The average Bonchev–Trinajstić information content (AvgIpc) is 3.09. The Morgan fingerprint density at radius 1 is 1.38 bits per heavy atom. The van der Waals surface area contributed by atoms with Crippen molar-refractivity contribution in [2.24, 2.45) is 0 Å². The monoisotopic (exact) mass is 237 g/mol. The zero-order valence-electron chi connectivity index (χ0n) is 9.21. The number of carbonyl (C=O) groups is 1. The van der Waals surface area contributed by atoms with Gasteiger partial charge in [0.05, 0.1) is 6.54 Å². The smallest absolute Gasteiger partial charge is 0.146 e. The lowest BCUT2D eigenvalue weighted by Gasteiger charge is -2.04. The zero-order chi connectivity index (χ0) is 11.4. The minimum absolute atomic E-state index is 0.270. The van der Waals surface area contributed by atoms with Crippen LogP contribution >= 0.6 is 11.6 Å². The molecule has 0 radical (unpaired) electrons. The lowest BCUT2D eigenvalue weighted by Crippen LogP contribution is -2.24. The van der Waals surface area contributed by atoms with Gasteiger partial charge >= 0.3 is 0 Å². The molecule has 0 atom stereocenters. The SMILES string of the molecule is O=C(CCc1ccccc1Cl)CNC1CC1. The maximum atomic E-state index is 11.6. The van der Waals surface area contributed by atoms with Gasteiger partial charge in [-0.1, -0.05) is 29.8 Å². The van der Waals surface area contributed by atoms with Crippen LogP contribution in [0.25, 0.3) is 0 Å². The molecule has 0 bridgehead atoms. The number of rotatable bonds is 6. The Morgan fingerprint density at radius 2 is 2.12 bits per heavy atom. The van der Waals surface area contributed by atoms with E-state index in [0.29, 0.717) is 19.0 Å². The molecule has 1 saturated carbocycles. The van der Waals surface area contributed by atoms with E-state index in [1.165, 1.54) is 12.8 Å². The maximum absolute atomic E-state index is 11.6. The molecule has 0 saturated heterocycles. The molecule has 1 aromatic rings. The molecule has 1 aliphatic carbocycles. The van der Waals surface area contributed by atoms with Crippen molar-refractivity contribution in [2.75, 3.05) is 6.54 Å². The first-order valence-electron chi connectivity index (χ1n) is 5.74. The van der Waals surface area contributed by atoms with Crippen molar-refractivity contribution in [2.45, 2.75) is 31.7 Å². The quantitative estimate of drug-likeness (QED) is 0.824. The Kier molecular flexibility index (Phi) is 3.97. The van der Waals surface area contributed by atoms with Crippen LogP contribution in [0.2, 0.25) is 5.02 Å². The van der Waals surface area contributed by atoms with Gasteiger partial charge in [-0.3, -0.25) is 4.79 Å². The molecule has 0 aromatic heterocycles. The normalized spacial score (nSPS) is 15.1. The Morgan fingerprint density at radius 3 is 2.81 bits per heavy atom. The Labute approximate surface area is 101 Å². The van der Waals surface area contributed by atoms with Crippen molar-refractivity contribution in [3.8, 4) is 0 Å². The van der Waals surface area contributed by atoms with Crippen molar-refractivity contribution in [1.29, 1.82) is 0 Å². The number of benzene rings is 1. The summed E-state index contributed by atoms with van der Waals surface area (Å²) in [5, 5.41) is 3.98. The van der Waals surface area contributed by atoms with Gasteiger partial charge in [-0.25, -0.2) is 0 Å². The van der Waals surface area contributed by atoms with Crippen LogP contribution in [0.4, 0.5) is 0 Å². The van der Waals surface area contributed by atoms with Gasteiger partial charge in [0.25, 0.3) is 0 Å². The topological polar surface area (TPSA) is 29.1 Å². The third kappa shape index (κ3) is 3.62. The second kappa shape index (κ2) is 5.46. The van der Waals surface area contributed by atoms with Crippen molar-refractivity contribution < 1.29 is 4.79 Å². The molecular weight excluding hydrogens is 222 g/mol. The minimum Gasteiger partial charge on any atom is -0.307 e. The number of hydrogen-bond acceptors (Lipinski definition) is 2. The summed E-state index contributed by atoms with van der Waals surface area (Å²) in [6.45, 7) is 0.509. The van der Waals surface area contributed by atoms with E-state index in [-0.39, 0.29) is 5.78 Å². The van der Waals surface area contributed by atoms with Crippen molar-refractivity contribution in [3.63, 3.8) is 0 Å². The zero-order valence-corrected chi connectivity index (χ0v) is 9.96. The van der Waals surface area contributed by atoms with Gasteiger partial charge in [-0.2, -0.15) is 0 Å². The number of aryl methyl sites for hydroxylation is 1. The summed E-state index contributed by atoms with van der Waals surface area (Å²) in [6.07, 6.45) is 3.75. The highest BCUT2D eigenvalue weighted by molar-refractivity contribution is 6.31. The van der Waals surface area contributed by atoms with Gasteiger partial charge in [-0.05, 0) is 30.9 Å². The van der Waals surface area contributed by atoms with Crippen LogP contribution < -0.4 is 5.32 Å². The summed E-state index contributed by atoms with van der Waals surface area (Å²) in [5.41, 5.74) is 1.06. The molecule has 1 fully saturated rings. The summed E-state index contributed by atoms with van der Waals surface area (Å²) in [7, 11) is 0. The first kappa shape index (κ1) is 11.6. The third-order valence-electron chi connectivity index (χ3n) is 2.80. The van der Waals surface area contributed by atoms with Crippen LogP contribution in [-0.2, 0) is 11.2 Å². The van der Waals surface area contributed by atoms with Gasteiger partial charge in [-0.15, -0.1) is 0 Å². The second-order valence-electron chi connectivity index (χ2n) is 4.29. The van der Waals surface area contributed by atoms with Gasteiger partial charge < -0.3 is 5.32 Å². The fourth-order valence-electron chi connectivity index (χ4n) is 1.61. The lowest BCUT2D eigenvalue weighted by atomic mass is 10.1. The molecule has 16 heavy (non-hydrogen) atoms. The van der Waals surface area contributed by atoms with Crippen LogP contribution in [0.3, 0.4) is 0 Å². The number of Topliss-reactive ketones (excluding diaryl/α,β-unsaturated/α-hetero) is 1. The number of ketones is 1. The first-order chi connectivity index (χ1) is 7.75. The summed E-state index contributed by atoms with van der Waals surface area (Å²) in [6, 6.07) is 8.30. The van der Waals surface area contributed by atoms with Gasteiger partial charge in [0.1, 0.15) is 5.78 Å². The van der Waals surface area contributed by atoms with E-state index < -0.39 is 0 Å². The standard InChI is InChI=1S/C13H16ClNO/c14-13-4-2-1-3-10(13)5-8-12(16)9-15-11-6-7-11/h1-4,11,15H,5-9H2. The highest BCUT2D eigenvalue weighted by Crippen LogP contribution is 2.19. The summed E-state index contributed by atoms with van der Waals surface area (Å²) in [4.78, 5) is 11.6. The van der Waals surface area contributed by atoms with Crippen molar-refractivity contribution >= 4 is 17.4 Å². The molecule has 0 amide bonds. The van der Waals surface area contributed by atoms with Crippen LogP contribution in [0.5, 0.6) is 0 Å². The lowest BCUT2D eigenvalue weighted by molar-refractivity contribution is -0.118. The third-order valence-corrected chi connectivity index (χ3v) is 3.16. The van der Waals surface area contributed by atoms with E-state index >= 15 is 0 Å². The Balaban J connectivity index is 1.73. The van der Waals surface area contributed by atoms with Crippen molar-refractivity contribution in [1.82, 2.24) is 5.32 Å². The maximum Gasteiger partial charge on any atom is 0.146 e. The Bertz CT molecular complexity index is 374. The van der Waals surface area contributed by atoms with Crippen LogP contribution in [0.1, 0.15) is 24.8 Å². The molecule has 1 aromatic carbocycles. The van der Waals surface area contributed by atoms with Gasteiger partial charge in [0.15, 0.2) is 0 Å². The van der Waals surface area contributed by atoms with E-state index in [1.54, 1.807) is 0 Å². The molecule has 0 spiro atoms. The number of carbonyl (C=O) groups excluding carboxylic acids is 1. The van der Waals surface area contributed by atoms with Gasteiger partial charge in [0, 0.05) is 17.5 Å². The van der Waals surface area contributed by atoms with E-state index in [0.717, 1.165) is 17.0 Å². The number of halogens is 1. The highest BCUT2D eigenvalue weighted by atomic mass is 35.5. The molecule has 2 rings (SSSR count). The van der Waals surface area contributed by atoms with Crippen LogP contribution in [0, 0.1) is 0 Å². The Hall–Kier alpha value is -0.860. The molecule has 1 N–H and O–H groups in total. The van der Waals surface area contributed by atoms with E-state index in [4.69, 9.17) is 11.6 Å². The van der Waals surface area contributed by atoms with E-state index in [1.807, 2.05) is 24.3 Å². The van der Waals surface area contributed by atoms with Crippen LogP contribution in [-0.4, -0.2) is 18.4 Å². The molecule has 1 aliphatic rings. The number of hydrogen-bond donors (Lipinski definition) is 1. The number of nitrogens with one attached hydrogen (secondary N) is 1. The summed E-state index contributed by atoms with van der Waals surface area (Å²) >= 11 is 6.02. The average molecular weight is 238 g/mol. The molecule has 0 unspecified atom stereocenters. The molecule has 86 valence electrons. The molecular formula is C13H16ClNO. The van der Waals surface area contributed by atoms with Gasteiger partial charge in [0.2, 0.25) is 0 Å². The fraction of sp³-hybridized carbons (Fsp3) is 0.462.